The average Bonchev–Trinajstić information content (AvgIpc) is 3.67. The molecule has 0 saturated carbocycles. The van der Waals surface area contributed by atoms with E-state index in [0.29, 0.717) is 28.6 Å². The van der Waals surface area contributed by atoms with Gasteiger partial charge in [0.1, 0.15) is 0 Å². The average molecular weight is 564 g/mol. The SMILES string of the molecule is COc1nc2c(C)cc(C(O)(c3ccc(C)cc3)c3cncn3C)cc2c(Cl)c1Cc1ccc(-n2cccn2)cc1. The molecule has 6 rings (SSSR count). The number of aliphatic hydroxyl groups is 1. The van der Waals surface area contributed by atoms with E-state index >= 15 is 0 Å². The van der Waals surface area contributed by atoms with Crippen molar-refractivity contribution < 1.29 is 9.84 Å². The molecule has 6 aromatic rings. The van der Waals surface area contributed by atoms with Gasteiger partial charge in [0.25, 0.3) is 0 Å². The first kappa shape index (κ1) is 26.7. The summed E-state index contributed by atoms with van der Waals surface area (Å²) in [4.78, 5) is 9.18. The summed E-state index contributed by atoms with van der Waals surface area (Å²) in [5.74, 6) is 0.481. The number of methoxy groups -OCH3 is 1. The fourth-order valence-corrected chi connectivity index (χ4v) is 5.70. The van der Waals surface area contributed by atoms with Crippen LogP contribution in [0.25, 0.3) is 16.6 Å². The van der Waals surface area contributed by atoms with E-state index in [0.717, 1.165) is 44.4 Å². The van der Waals surface area contributed by atoms with Crippen LogP contribution in [0.5, 0.6) is 5.88 Å². The van der Waals surface area contributed by atoms with Gasteiger partial charge in [-0.3, -0.25) is 0 Å². The van der Waals surface area contributed by atoms with Gasteiger partial charge in [0, 0.05) is 36.8 Å². The van der Waals surface area contributed by atoms with E-state index in [2.05, 4.69) is 22.2 Å². The number of rotatable bonds is 7. The summed E-state index contributed by atoms with van der Waals surface area (Å²) in [6.07, 6.45) is 7.58. The third kappa shape index (κ3) is 4.67. The van der Waals surface area contributed by atoms with E-state index in [-0.39, 0.29) is 0 Å². The number of halogens is 1. The lowest BCUT2D eigenvalue weighted by Crippen LogP contribution is -2.31. The maximum atomic E-state index is 12.5. The van der Waals surface area contributed by atoms with Crippen molar-refractivity contribution in [3.63, 3.8) is 0 Å². The maximum Gasteiger partial charge on any atom is 0.218 e. The standard InChI is InChI=1S/C33H30ClN5O2/c1-21-6-10-24(11-7-21)33(40,29-19-35-20-38(29)3)25-16-22(2)31-27(18-25)30(34)28(32(37-31)41-4)17-23-8-12-26(13-9-23)39-15-5-14-36-39/h5-16,18-20,40H,17H2,1-4H3. The number of nitrogens with zero attached hydrogens (tertiary/aromatic N) is 5. The Kier molecular flexibility index (Phi) is 6.85. The quantitative estimate of drug-likeness (QED) is 0.246. The van der Waals surface area contributed by atoms with Crippen molar-refractivity contribution in [2.24, 2.45) is 7.05 Å². The van der Waals surface area contributed by atoms with Crippen LogP contribution in [0.4, 0.5) is 0 Å². The lowest BCUT2D eigenvalue weighted by Gasteiger charge is -2.30. The predicted octanol–water partition coefficient (Wildman–Crippen LogP) is 6.31. The molecule has 3 aromatic carbocycles. The molecule has 0 radical (unpaired) electrons. The van der Waals surface area contributed by atoms with Gasteiger partial charge in [0.15, 0.2) is 5.60 Å². The fourth-order valence-electron chi connectivity index (χ4n) is 5.41. The minimum Gasteiger partial charge on any atom is -0.481 e. The highest BCUT2D eigenvalue weighted by Gasteiger charge is 2.37. The van der Waals surface area contributed by atoms with Gasteiger partial charge < -0.3 is 14.4 Å². The van der Waals surface area contributed by atoms with Crippen LogP contribution in [0, 0.1) is 13.8 Å². The zero-order chi connectivity index (χ0) is 28.7. The van der Waals surface area contributed by atoms with E-state index in [1.54, 1.807) is 25.8 Å². The Morgan fingerprint density at radius 3 is 2.39 bits per heavy atom. The molecule has 8 heteroatoms. The largest absolute Gasteiger partial charge is 0.481 e. The molecule has 3 heterocycles. The predicted molar refractivity (Wildman–Crippen MR) is 161 cm³/mol. The Morgan fingerprint density at radius 2 is 1.76 bits per heavy atom. The van der Waals surface area contributed by atoms with E-state index in [9.17, 15) is 5.11 Å². The van der Waals surface area contributed by atoms with Gasteiger partial charge in [-0.1, -0.05) is 59.6 Å². The molecule has 0 aliphatic heterocycles. The molecule has 3 aromatic heterocycles. The van der Waals surface area contributed by atoms with Crippen LogP contribution in [-0.2, 0) is 19.1 Å². The van der Waals surface area contributed by atoms with Crippen LogP contribution in [0.2, 0.25) is 5.02 Å². The summed E-state index contributed by atoms with van der Waals surface area (Å²) in [6.45, 7) is 4.00. The lowest BCUT2D eigenvalue weighted by molar-refractivity contribution is 0.117. The summed E-state index contributed by atoms with van der Waals surface area (Å²) in [6, 6.07) is 21.9. The fraction of sp³-hybridized carbons (Fsp3) is 0.182. The normalized spacial score (nSPS) is 12.9. The molecule has 41 heavy (non-hydrogen) atoms. The molecular weight excluding hydrogens is 534 g/mol. The van der Waals surface area contributed by atoms with E-state index in [1.807, 2.05) is 90.9 Å². The highest BCUT2D eigenvalue weighted by atomic mass is 35.5. The number of pyridine rings is 1. The van der Waals surface area contributed by atoms with E-state index < -0.39 is 5.60 Å². The molecule has 0 amide bonds. The van der Waals surface area contributed by atoms with Crippen molar-refractivity contribution in [2.45, 2.75) is 25.9 Å². The Labute approximate surface area is 243 Å². The molecule has 0 saturated heterocycles. The topological polar surface area (TPSA) is 78.0 Å². The first-order valence-electron chi connectivity index (χ1n) is 13.3. The van der Waals surface area contributed by atoms with Crippen molar-refractivity contribution in [3.05, 3.63) is 136 Å². The first-order chi connectivity index (χ1) is 19.8. The zero-order valence-corrected chi connectivity index (χ0v) is 24.1. The number of imidazole rings is 1. The van der Waals surface area contributed by atoms with Gasteiger partial charge in [0.05, 0.1) is 41.6 Å². The van der Waals surface area contributed by atoms with Crippen molar-refractivity contribution >= 4 is 22.5 Å². The van der Waals surface area contributed by atoms with Gasteiger partial charge in [-0.25, -0.2) is 14.6 Å². The minimum absolute atomic E-state index is 0.481. The van der Waals surface area contributed by atoms with Crippen LogP contribution in [0.3, 0.4) is 0 Å². The van der Waals surface area contributed by atoms with Gasteiger partial charge >= 0.3 is 0 Å². The second kappa shape index (κ2) is 10.5. The first-order valence-corrected chi connectivity index (χ1v) is 13.7. The van der Waals surface area contributed by atoms with Crippen LogP contribution >= 0.6 is 11.6 Å². The molecule has 0 aliphatic rings. The Hall–Kier alpha value is -4.46. The zero-order valence-electron chi connectivity index (χ0n) is 23.3. The summed E-state index contributed by atoms with van der Waals surface area (Å²) in [5.41, 5.74) is 6.12. The lowest BCUT2D eigenvalue weighted by atomic mass is 9.82. The molecule has 0 spiro atoms. The monoisotopic (exact) mass is 563 g/mol. The summed E-state index contributed by atoms with van der Waals surface area (Å²) in [5, 5.41) is 18.1. The van der Waals surface area contributed by atoms with Crippen molar-refractivity contribution in [1.29, 1.82) is 0 Å². The van der Waals surface area contributed by atoms with Crippen molar-refractivity contribution in [3.8, 4) is 11.6 Å². The summed E-state index contributed by atoms with van der Waals surface area (Å²) >= 11 is 7.17. The molecular formula is C33H30ClN5O2. The third-order valence-electron chi connectivity index (χ3n) is 7.63. The number of hydrogen-bond donors (Lipinski definition) is 1. The molecule has 0 fully saturated rings. The third-order valence-corrected chi connectivity index (χ3v) is 8.06. The highest BCUT2D eigenvalue weighted by molar-refractivity contribution is 6.36. The number of aryl methyl sites for hydroxylation is 3. The Balaban J connectivity index is 1.50. The Morgan fingerprint density at radius 1 is 1.00 bits per heavy atom. The number of hydrogen-bond acceptors (Lipinski definition) is 5. The van der Waals surface area contributed by atoms with E-state index in [4.69, 9.17) is 21.3 Å². The second-order valence-corrected chi connectivity index (χ2v) is 10.7. The van der Waals surface area contributed by atoms with Crippen molar-refractivity contribution in [2.75, 3.05) is 7.11 Å². The highest BCUT2D eigenvalue weighted by Crippen LogP contribution is 2.41. The number of benzene rings is 3. The van der Waals surface area contributed by atoms with Gasteiger partial charge in [-0.15, -0.1) is 0 Å². The maximum absolute atomic E-state index is 12.5. The summed E-state index contributed by atoms with van der Waals surface area (Å²) in [7, 11) is 3.49. The minimum atomic E-state index is -1.47. The molecule has 7 nitrogen and oxygen atoms in total. The smallest absolute Gasteiger partial charge is 0.218 e. The van der Waals surface area contributed by atoms with Gasteiger partial charge in [-0.2, -0.15) is 5.10 Å². The Bertz CT molecular complexity index is 1840. The molecule has 0 aliphatic carbocycles. The molecule has 1 atom stereocenters. The van der Waals surface area contributed by atoms with Crippen LogP contribution in [0.15, 0.2) is 91.6 Å². The molecule has 206 valence electrons. The number of aromatic nitrogens is 5. The van der Waals surface area contributed by atoms with Crippen LogP contribution < -0.4 is 4.74 Å². The van der Waals surface area contributed by atoms with E-state index in [1.165, 1.54) is 0 Å². The van der Waals surface area contributed by atoms with Crippen LogP contribution in [-0.4, -0.2) is 36.5 Å². The van der Waals surface area contributed by atoms with Crippen molar-refractivity contribution in [1.82, 2.24) is 24.3 Å². The molecule has 1 unspecified atom stereocenters. The van der Waals surface area contributed by atoms with Gasteiger partial charge in [-0.05, 0) is 60.4 Å². The molecule has 1 N–H and O–H groups in total. The van der Waals surface area contributed by atoms with Gasteiger partial charge in [0.2, 0.25) is 5.88 Å². The summed E-state index contributed by atoms with van der Waals surface area (Å²) < 4.78 is 9.38. The number of fused-ring (bicyclic) bond motifs is 1. The number of ether oxygens (including phenoxy) is 1. The van der Waals surface area contributed by atoms with Crippen LogP contribution in [0.1, 0.15) is 39.1 Å². The second-order valence-electron chi connectivity index (χ2n) is 10.4. The molecule has 0 bridgehead atoms.